The van der Waals surface area contributed by atoms with E-state index < -0.39 is 6.18 Å². The predicted octanol–water partition coefficient (Wildman–Crippen LogP) is 9.24. The molecule has 1 aliphatic heterocycles. The summed E-state index contributed by atoms with van der Waals surface area (Å²) in [6.45, 7) is 8.79. The summed E-state index contributed by atoms with van der Waals surface area (Å²) >= 11 is 0. The molecule has 0 bridgehead atoms. The predicted molar refractivity (Wildman–Crippen MR) is 168 cm³/mol. The molecule has 2 aromatic carbocycles. The van der Waals surface area contributed by atoms with Gasteiger partial charge in [0.15, 0.2) is 0 Å². The highest BCUT2D eigenvalue weighted by Crippen LogP contribution is 2.32. The fourth-order valence-electron chi connectivity index (χ4n) is 5.45. The van der Waals surface area contributed by atoms with Gasteiger partial charge < -0.3 is 9.88 Å². The number of nitrogens with zero attached hydrogens (tertiary/aromatic N) is 4. The molecule has 0 radical (unpaired) electrons. The van der Waals surface area contributed by atoms with Gasteiger partial charge in [-0.1, -0.05) is 30.7 Å². The van der Waals surface area contributed by atoms with Gasteiger partial charge in [0.05, 0.1) is 51.4 Å². The maximum atomic E-state index is 10.4. The second-order valence-electron chi connectivity index (χ2n) is 11.8. The number of hydrogen-bond acceptors (Lipinski definition) is 4. The molecule has 224 valence electrons. The van der Waals surface area contributed by atoms with Crippen LogP contribution in [0.4, 0.5) is 24.5 Å². The first-order valence-corrected chi connectivity index (χ1v) is 14.8. The van der Waals surface area contributed by atoms with Gasteiger partial charge in [0.2, 0.25) is 0 Å². The van der Waals surface area contributed by atoms with Crippen LogP contribution in [0.1, 0.15) is 56.4 Å². The highest BCUT2D eigenvalue weighted by Gasteiger charge is 2.20. The summed E-state index contributed by atoms with van der Waals surface area (Å²) < 4.78 is 33.4. The van der Waals surface area contributed by atoms with Gasteiger partial charge in [-0.2, -0.15) is 13.2 Å². The molecule has 0 atom stereocenters. The van der Waals surface area contributed by atoms with E-state index in [1.807, 2.05) is 19.2 Å². The monoisotopic (exact) mass is 585 g/mol. The molecule has 6 rings (SSSR count). The van der Waals surface area contributed by atoms with Crippen molar-refractivity contribution < 1.29 is 13.2 Å². The van der Waals surface area contributed by atoms with Crippen LogP contribution in [0.2, 0.25) is 0 Å². The Morgan fingerprint density at radius 3 is 2.19 bits per heavy atom. The van der Waals surface area contributed by atoms with Gasteiger partial charge in [-0.15, -0.1) is 0 Å². The molecule has 1 saturated carbocycles. The highest BCUT2D eigenvalue weighted by atomic mass is 19.4. The molecule has 0 amide bonds. The summed E-state index contributed by atoms with van der Waals surface area (Å²) in [4.78, 5) is 15.0. The van der Waals surface area contributed by atoms with E-state index in [4.69, 9.17) is 9.98 Å². The lowest BCUT2D eigenvalue weighted by molar-refractivity contribution is -0.110. The van der Waals surface area contributed by atoms with Gasteiger partial charge in [-0.05, 0) is 106 Å². The highest BCUT2D eigenvalue weighted by molar-refractivity contribution is 5.84. The summed E-state index contributed by atoms with van der Waals surface area (Å²) in [7, 11) is 0. The summed E-state index contributed by atoms with van der Waals surface area (Å²) in [6.07, 6.45) is 2.63. The van der Waals surface area contributed by atoms with E-state index >= 15 is 0 Å². The van der Waals surface area contributed by atoms with E-state index in [9.17, 15) is 13.2 Å². The fraction of sp³-hybridized carbons (Fsp3) is 0.343. The van der Waals surface area contributed by atoms with Gasteiger partial charge in [0, 0.05) is 18.3 Å². The average molecular weight is 586 g/mol. The second kappa shape index (κ2) is 12.6. The van der Waals surface area contributed by atoms with Crippen LogP contribution in [0.3, 0.4) is 0 Å². The maximum Gasteiger partial charge on any atom is 0.386 e. The quantitative estimate of drug-likeness (QED) is 0.214. The molecular weight excluding hydrogens is 547 g/mol. The molecule has 2 heterocycles. The van der Waals surface area contributed by atoms with Gasteiger partial charge >= 0.3 is 6.18 Å². The Morgan fingerprint density at radius 1 is 0.860 bits per heavy atom. The van der Waals surface area contributed by atoms with Crippen molar-refractivity contribution in [2.75, 3.05) is 5.32 Å². The minimum atomic E-state index is -4.00. The van der Waals surface area contributed by atoms with Crippen molar-refractivity contribution in [2.45, 2.75) is 72.5 Å². The largest absolute Gasteiger partial charge is 0.386 e. The van der Waals surface area contributed by atoms with Gasteiger partial charge in [-0.3, -0.25) is 9.98 Å². The third kappa shape index (κ3) is 7.80. The van der Waals surface area contributed by atoms with Gasteiger partial charge in [-0.25, -0.2) is 4.98 Å². The van der Waals surface area contributed by atoms with E-state index in [-0.39, 0.29) is 6.92 Å². The Hall–Kier alpha value is -4.20. The first-order chi connectivity index (χ1) is 20.4. The molecule has 43 heavy (non-hydrogen) atoms. The number of pyridine rings is 1. The Labute approximate surface area is 250 Å². The summed E-state index contributed by atoms with van der Waals surface area (Å²) in [5, 5.41) is 4.59. The number of aromatic nitrogens is 3. The first kappa shape index (κ1) is 30.3. The van der Waals surface area contributed by atoms with Crippen molar-refractivity contribution in [3.63, 3.8) is 0 Å². The minimum absolute atomic E-state index is 0.188. The molecule has 3 aliphatic rings. The van der Waals surface area contributed by atoms with Crippen LogP contribution in [-0.4, -0.2) is 26.8 Å². The van der Waals surface area contributed by atoms with Crippen molar-refractivity contribution in [1.29, 1.82) is 0 Å². The smallest absolute Gasteiger partial charge is 0.352 e. The number of alkyl halides is 3. The number of benzene rings is 3. The van der Waals surface area contributed by atoms with Crippen LogP contribution >= 0.6 is 0 Å². The molecule has 1 fully saturated rings. The van der Waals surface area contributed by atoms with Gasteiger partial charge in [0.25, 0.3) is 0 Å². The number of halogens is 3. The lowest BCUT2D eigenvalue weighted by atomic mass is 9.88. The number of rotatable bonds is 4. The zero-order valence-electron chi connectivity index (χ0n) is 25.3. The molecule has 0 saturated heterocycles. The van der Waals surface area contributed by atoms with Crippen molar-refractivity contribution in [2.24, 2.45) is 10.9 Å². The van der Waals surface area contributed by atoms with Crippen LogP contribution in [0.5, 0.6) is 0 Å². The molecular formula is C35H38F3N5. The number of fused-ring (bicyclic) bond motifs is 2. The van der Waals surface area contributed by atoms with Crippen LogP contribution in [-0.2, 0) is 0 Å². The van der Waals surface area contributed by atoms with E-state index in [2.05, 4.69) is 96.3 Å². The number of anilines is 2. The zero-order valence-corrected chi connectivity index (χ0v) is 25.3. The molecule has 3 aromatic rings. The summed E-state index contributed by atoms with van der Waals surface area (Å²) in [5.41, 5.74) is 10.5. The van der Waals surface area contributed by atoms with Crippen molar-refractivity contribution in [3.8, 4) is 17.1 Å². The molecule has 8 heteroatoms. The third-order valence-electron chi connectivity index (χ3n) is 7.74. The Balaban J connectivity index is 0.000000682. The second-order valence-corrected chi connectivity index (χ2v) is 11.8. The lowest BCUT2D eigenvalue weighted by Crippen LogP contribution is -2.21. The zero-order chi connectivity index (χ0) is 30.7. The molecule has 1 aromatic heterocycles. The normalized spacial score (nSPS) is 17.5. The topological polar surface area (TPSA) is 55.1 Å². The summed E-state index contributed by atoms with van der Waals surface area (Å²) in [5.74, 6) is 0.789. The third-order valence-corrected chi connectivity index (χ3v) is 7.74. The molecule has 1 N–H and O–H groups in total. The Bertz CT molecular complexity index is 1720. The Kier molecular flexibility index (Phi) is 8.85. The van der Waals surface area contributed by atoms with Crippen LogP contribution in [0.15, 0.2) is 77.9 Å². The number of aryl methyl sites for hydroxylation is 3. The molecule has 0 unspecified atom stereocenters. The van der Waals surface area contributed by atoms with E-state index in [1.54, 1.807) is 0 Å². The SMILES string of the molecule is CC(F)(F)F.Cc1ccc(-n2c3cc(=NC4CCC(C)CC4)c(Nc4ccc(C)nc4)cc-3nc3cc(C)ccc32)cc1. The molecule has 5 nitrogen and oxygen atoms in total. The van der Waals surface area contributed by atoms with Crippen molar-refractivity contribution in [3.05, 3.63) is 95.1 Å². The first-order valence-electron chi connectivity index (χ1n) is 14.8. The average Bonchev–Trinajstić information content (AvgIpc) is 2.94. The van der Waals surface area contributed by atoms with Crippen molar-refractivity contribution in [1.82, 2.24) is 14.5 Å². The number of hydrogen-bond donors (Lipinski definition) is 1. The fourth-order valence-corrected chi connectivity index (χ4v) is 5.45. The van der Waals surface area contributed by atoms with Crippen molar-refractivity contribution >= 4 is 22.4 Å². The van der Waals surface area contributed by atoms with Crippen LogP contribution in [0.25, 0.3) is 28.1 Å². The Morgan fingerprint density at radius 2 is 1.53 bits per heavy atom. The molecule has 2 aliphatic carbocycles. The minimum Gasteiger partial charge on any atom is -0.352 e. The van der Waals surface area contributed by atoms with Gasteiger partial charge in [0.1, 0.15) is 0 Å². The standard InChI is InChI=1S/C33H35N5.C2H3F3/c1-21-5-11-25(12-6-21)35-29-19-33-31(18-28(29)36-26-13-10-24(4)34-20-26)37-30-17-23(3)9-16-32(30)38(33)27-14-7-22(2)8-15-27;1-2(3,4)5/h7-10,13-21,25,36H,5-6,11-12H2,1-4H3;1H3. The van der Waals surface area contributed by atoms with Crippen LogP contribution < -0.4 is 10.7 Å². The summed E-state index contributed by atoms with van der Waals surface area (Å²) in [6, 6.07) is 24.1. The number of nitrogens with one attached hydrogen (secondary N) is 1. The molecule has 0 spiro atoms. The maximum absolute atomic E-state index is 10.4. The van der Waals surface area contributed by atoms with E-state index in [0.717, 1.165) is 69.3 Å². The van der Waals surface area contributed by atoms with E-state index in [1.165, 1.54) is 24.0 Å². The lowest BCUT2D eigenvalue weighted by Gasteiger charge is -2.24. The van der Waals surface area contributed by atoms with Crippen LogP contribution in [0, 0.1) is 26.7 Å². The van der Waals surface area contributed by atoms with E-state index in [0.29, 0.717) is 6.04 Å².